The number of alkyl halides is 3. The number of carboxylic acid groups (broad SMARTS) is 1. The Balaban J connectivity index is 1.46. The number of ether oxygens (including phenoxy) is 1. The van der Waals surface area contributed by atoms with Crippen molar-refractivity contribution >= 4 is 17.0 Å². The summed E-state index contributed by atoms with van der Waals surface area (Å²) in [6, 6.07) is 18.4. The number of hydrogen-bond acceptors (Lipinski definition) is 3. The molecule has 1 heterocycles. The number of imidazole rings is 1. The Morgan fingerprint density at radius 1 is 1.00 bits per heavy atom. The highest BCUT2D eigenvalue weighted by Gasteiger charge is 2.32. The highest BCUT2D eigenvalue weighted by atomic mass is 19.4. The van der Waals surface area contributed by atoms with E-state index >= 15 is 0 Å². The number of rotatable bonds is 8. The van der Waals surface area contributed by atoms with Gasteiger partial charge in [0, 0.05) is 13.0 Å². The number of aromatic nitrogens is 2. The highest BCUT2D eigenvalue weighted by molar-refractivity contribution is 5.82. The zero-order valence-electron chi connectivity index (χ0n) is 21.1. The van der Waals surface area contributed by atoms with Gasteiger partial charge in [-0.3, -0.25) is 4.79 Å². The van der Waals surface area contributed by atoms with E-state index in [1.165, 1.54) is 12.1 Å². The van der Waals surface area contributed by atoms with Crippen molar-refractivity contribution in [2.75, 3.05) is 6.61 Å². The monoisotopic (exact) mass is 510 g/mol. The van der Waals surface area contributed by atoms with E-state index in [2.05, 4.69) is 4.98 Å². The Labute approximate surface area is 213 Å². The van der Waals surface area contributed by atoms with Crippen molar-refractivity contribution in [2.45, 2.75) is 32.9 Å². The van der Waals surface area contributed by atoms with Crippen molar-refractivity contribution < 1.29 is 27.8 Å². The molecule has 0 saturated heterocycles. The van der Waals surface area contributed by atoms with E-state index in [1.54, 1.807) is 6.92 Å². The third kappa shape index (κ3) is 5.63. The fourth-order valence-electron chi connectivity index (χ4n) is 4.71. The summed E-state index contributed by atoms with van der Waals surface area (Å²) >= 11 is 0. The number of halogens is 3. The largest absolute Gasteiger partial charge is 0.493 e. The van der Waals surface area contributed by atoms with Crippen molar-refractivity contribution in [3.05, 3.63) is 83.7 Å². The molecule has 1 unspecified atom stereocenters. The number of aryl methyl sites for hydroxylation is 2. The first kappa shape index (κ1) is 26.3. The number of fused-ring (bicyclic) bond motifs is 1. The molecule has 1 aromatic heterocycles. The molecule has 1 N–H and O–H groups in total. The summed E-state index contributed by atoms with van der Waals surface area (Å²) < 4.78 is 46.0. The fraction of sp³-hybridized carbons (Fsp3) is 0.310. The molecule has 0 saturated carbocycles. The Hall–Kier alpha value is -3.81. The second-order valence-electron chi connectivity index (χ2n) is 9.51. The van der Waals surface area contributed by atoms with E-state index in [0.717, 1.165) is 45.7 Å². The van der Waals surface area contributed by atoms with Gasteiger partial charge < -0.3 is 14.4 Å². The second kappa shape index (κ2) is 10.3. The number of hydrogen-bond donors (Lipinski definition) is 1. The summed E-state index contributed by atoms with van der Waals surface area (Å²) in [7, 11) is 1.98. The van der Waals surface area contributed by atoms with Gasteiger partial charge in [-0.15, -0.1) is 0 Å². The maximum atomic E-state index is 12.8. The Morgan fingerprint density at radius 2 is 1.62 bits per heavy atom. The fourth-order valence-corrected chi connectivity index (χ4v) is 4.71. The number of aliphatic carboxylic acids is 1. The molecule has 0 aliphatic rings. The smallest absolute Gasteiger partial charge is 0.416 e. The minimum absolute atomic E-state index is 0.0638. The van der Waals surface area contributed by atoms with Crippen LogP contribution in [-0.4, -0.2) is 27.2 Å². The molecule has 0 amide bonds. The molecule has 0 aliphatic carbocycles. The summed E-state index contributed by atoms with van der Waals surface area (Å²) in [5.41, 5.74) is 4.13. The van der Waals surface area contributed by atoms with Crippen LogP contribution >= 0.6 is 0 Å². The molecule has 3 atom stereocenters. The molecule has 0 radical (unpaired) electrons. The summed E-state index contributed by atoms with van der Waals surface area (Å²) in [5.74, 6) is -1.18. The predicted molar refractivity (Wildman–Crippen MR) is 137 cm³/mol. The van der Waals surface area contributed by atoms with Gasteiger partial charge in [0.05, 0.1) is 29.1 Å². The van der Waals surface area contributed by atoms with E-state index in [4.69, 9.17) is 4.74 Å². The maximum Gasteiger partial charge on any atom is 0.416 e. The zero-order chi connectivity index (χ0) is 26.9. The second-order valence-corrected chi connectivity index (χ2v) is 9.51. The van der Waals surface area contributed by atoms with Crippen LogP contribution in [0.5, 0.6) is 5.75 Å². The van der Waals surface area contributed by atoms with E-state index in [9.17, 15) is 23.1 Å². The van der Waals surface area contributed by atoms with Crippen molar-refractivity contribution in [3.63, 3.8) is 0 Å². The standard InChI is InChI=1S/C29H29F3N2O3/c1-17(16-37-24-12-10-23(11-13-24)29(30,31)32)27(28(35)36)18(2)20-5-7-21(8-6-20)22-9-14-26-25(15-22)33-19(3)34(26)4/h5-15,17-18,27H,16H2,1-4H3,(H,35,36)/t17-,18+,27?/m1/s1. The first-order chi connectivity index (χ1) is 17.5. The van der Waals surface area contributed by atoms with Crippen molar-refractivity contribution in [1.82, 2.24) is 9.55 Å². The molecule has 8 heteroatoms. The van der Waals surface area contributed by atoms with Crippen LogP contribution in [0, 0.1) is 18.8 Å². The number of benzene rings is 3. The molecular weight excluding hydrogens is 481 g/mol. The molecule has 0 bridgehead atoms. The number of nitrogens with zero attached hydrogens (tertiary/aromatic N) is 2. The molecule has 194 valence electrons. The van der Waals surface area contributed by atoms with Gasteiger partial charge in [-0.1, -0.05) is 44.2 Å². The Bertz CT molecular complexity index is 1390. The van der Waals surface area contributed by atoms with Crippen molar-refractivity contribution in [2.24, 2.45) is 18.9 Å². The molecular formula is C29H29F3N2O3. The molecule has 37 heavy (non-hydrogen) atoms. The van der Waals surface area contributed by atoms with Crippen LogP contribution in [0.3, 0.4) is 0 Å². The van der Waals surface area contributed by atoms with E-state index in [1.807, 2.05) is 67.9 Å². The molecule has 4 aromatic rings. The van der Waals surface area contributed by atoms with Gasteiger partial charge in [-0.2, -0.15) is 13.2 Å². The van der Waals surface area contributed by atoms with Crippen LogP contribution in [0.15, 0.2) is 66.7 Å². The van der Waals surface area contributed by atoms with Gasteiger partial charge in [-0.05, 0) is 65.9 Å². The van der Waals surface area contributed by atoms with Crippen LogP contribution in [0.25, 0.3) is 22.2 Å². The molecule has 0 fully saturated rings. The summed E-state index contributed by atoms with van der Waals surface area (Å²) in [4.78, 5) is 16.8. The van der Waals surface area contributed by atoms with Crippen molar-refractivity contribution in [1.29, 1.82) is 0 Å². The SMILES string of the molecule is Cc1nc2cc(-c3ccc([C@H](C)C(C(=O)O)[C@H](C)COc4ccc(C(F)(F)F)cc4)cc3)ccc2n1C. The third-order valence-electron chi connectivity index (χ3n) is 7.01. The Morgan fingerprint density at radius 3 is 2.22 bits per heavy atom. The van der Waals surface area contributed by atoms with Crippen LogP contribution < -0.4 is 4.74 Å². The van der Waals surface area contributed by atoms with Gasteiger partial charge in [0.2, 0.25) is 0 Å². The summed E-state index contributed by atoms with van der Waals surface area (Å²) in [6.45, 7) is 5.67. The lowest BCUT2D eigenvalue weighted by atomic mass is 9.79. The molecule has 3 aromatic carbocycles. The maximum absolute atomic E-state index is 12.8. The van der Waals surface area contributed by atoms with Gasteiger partial charge in [0.25, 0.3) is 0 Å². The molecule has 4 rings (SSSR count). The highest BCUT2D eigenvalue weighted by Crippen LogP contribution is 2.34. The normalized spacial score (nSPS) is 14.4. The van der Waals surface area contributed by atoms with Crippen LogP contribution in [0.4, 0.5) is 13.2 Å². The lowest BCUT2D eigenvalue weighted by molar-refractivity contribution is -0.144. The average Bonchev–Trinajstić information content (AvgIpc) is 3.15. The lowest BCUT2D eigenvalue weighted by Gasteiger charge is -2.26. The van der Waals surface area contributed by atoms with Gasteiger partial charge in [0.1, 0.15) is 11.6 Å². The van der Waals surface area contributed by atoms with E-state index in [-0.39, 0.29) is 24.2 Å². The number of carbonyl (C=O) groups is 1. The topological polar surface area (TPSA) is 64.3 Å². The van der Waals surface area contributed by atoms with Gasteiger partial charge in [-0.25, -0.2) is 4.98 Å². The average molecular weight is 511 g/mol. The van der Waals surface area contributed by atoms with Gasteiger partial charge in [0.15, 0.2) is 0 Å². The number of carboxylic acids is 1. The van der Waals surface area contributed by atoms with E-state index in [0.29, 0.717) is 0 Å². The predicted octanol–water partition coefficient (Wildman–Crippen LogP) is 7.09. The molecule has 0 spiro atoms. The summed E-state index contributed by atoms with van der Waals surface area (Å²) in [6.07, 6.45) is -4.42. The quantitative estimate of drug-likeness (QED) is 0.275. The third-order valence-corrected chi connectivity index (χ3v) is 7.01. The van der Waals surface area contributed by atoms with Crippen LogP contribution in [-0.2, 0) is 18.0 Å². The van der Waals surface area contributed by atoms with Crippen molar-refractivity contribution in [3.8, 4) is 16.9 Å². The minimum Gasteiger partial charge on any atom is -0.493 e. The first-order valence-corrected chi connectivity index (χ1v) is 12.0. The molecule has 0 aliphatic heterocycles. The van der Waals surface area contributed by atoms with E-state index < -0.39 is 23.6 Å². The lowest BCUT2D eigenvalue weighted by Crippen LogP contribution is -2.30. The summed E-state index contributed by atoms with van der Waals surface area (Å²) in [5, 5.41) is 9.97. The van der Waals surface area contributed by atoms with Gasteiger partial charge >= 0.3 is 12.1 Å². The first-order valence-electron chi connectivity index (χ1n) is 12.0. The van der Waals surface area contributed by atoms with Crippen LogP contribution in [0.1, 0.15) is 36.7 Å². The molecule has 5 nitrogen and oxygen atoms in total. The van der Waals surface area contributed by atoms with Crippen LogP contribution in [0.2, 0.25) is 0 Å². The zero-order valence-corrected chi connectivity index (χ0v) is 21.1. The Kier molecular flexibility index (Phi) is 7.30. The minimum atomic E-state index is -4.42.